The van der Waals surface area contributed by atoms with Crippen LogP contribution in [0.25, 0.3) is 0 Å². The van der Waals surface area contributed by atoms with Crippen LogP contribution in [0, 0.1) is 0 Å². The van der Waals surface area contributed by atoms with E-state index in [4.69, 9.17) is 9.81 Å². The summed E-state index contributed by atoms with van der Waals surface area (Å²) in [7, 11) is 3.45. The van der Waals surface area contributed by atoms with E-state index in [1.54, 1.807) is 7.11 Å². The SMILES string of the molecule is COCCCOC(=O)O.O=BP. The van der Waals surface area contributed by atoms with Gasteiger partial charge in [-0.2, -0.15) is 0 Å². The van der Waals surface area contributed by atoms with Crippen molar-refractivity contribution in [3.63, 3.8) is 0 Å². The van der Waals surface area contributed by atoms with Gasteiger partial charge in [-0.05, 0) is 0 Å². The molecule has 0 aromatic heterocycles. The van der Waals surface area contributed by atoms with Crippen LogP contribution < -0.4 is 0 Å². The zero-order chi connectivity index (χ0) is 9.82. The third kappa shape index (κ3) is 22.7. The zero-order valence-corrected chi connectivity index (χ0v) is 8.01. The van der Waals surface area contributed by atoms with Crippen molar-refractivity contribution < 1.29 is 24.1 Å². The maximum absolute atomic E-state index is 9.70. The van der Waals surface area contributed by atoms with E-state index in [2.05, 4.69) is 9.47 Å². The van der Waals surface area contributed by atoms with Gasteiger partial charge in [0, 0.05) is 20.1 Å². The summed E-state index contributed by atoms with van der Waals surface area (Å²) in [5, 5.41) is 7.95. The Hall–Kier alpha value is -0.475. The Labute approximate surface area is 73.8 Å². The minimum atomic E-state index is -1.23. The monoisotopic (exact) mass is 194 g/mol. The Morgan fingerprint density at radius 2 is 2.08 bits per heavy atom. The quantitative estimate of drug-likeness (QED) is 0.306. The summed E-state index contributed by atoms with van der Waals surface area (Å²) in [6, 6.07) is 0. The fourth-order valence-corrected chi connectivity index (χ4v) is 0.363. The molecular weight excluding hydrogens is 182 g/mol. The van der Waals surface area contributed by atoms with Crippen LogP contribution in [-0.2, 0) is 14.2 Å². The Bertz CT molecular complexity index is 120. The van der Waals surface area contributed by atoms with Crippen molar-refractivity contribution in [2.24, 2.45) is 0 Å². The second-order valence-corrected chi connectivity index (χ2v) is 1.87. The fourth-order valence-electron chi connectivity index (χ4n) is 0.363. The van der Waals surface area contributed by atoms with Crippen molar-refractivity contribution in [3.8, 4) is 0 Å². The van der Waals surface area contributed by atoms with Crippen molar-refractivity contribution >= 4 is 22.1 Å². The van der Waals surface area contributed by atoms with Gasteiger partial charge in [0.25, 0.3) is 0 Å². The maximum atomic E-state index is 9.70. The molecule has 0 amide bonds. The predicted octanol–water partition coefficient (Wildman–Crippen LogP) is 0.544. The normalized spacial score (nSPS) is 7.50. The van der Waals surface area contributed by atoms with E-state index in [-0.39, 0.29) is 6.61 Å². The summed E-state index contributed by atoms with van der Waals surface area (Å²) in [5.74, 6) is 0. The summed E-state index contributed by atoms with van der Waals surface area (Å²) in [5.41, 5.74) is 0. The van der Waals surface area contributed by atoms with Crippen LogP contribution in [-0.4, -0.2) is 38.5 Å². The van der Waals surface area contributed by atoms with E-state index in [1.165, 1.54) is 0 Å². The molecule has 5 nitrogen and oxygen atoms in total. The van der Waals surface area contributed by atoms with Gasteiger partial charge < -0.3 is 14.6 Å². The van der Waals surface area contributed by atoms with Crippen LogP contribution in [0.3, 0.4) is 0 Å². The molecular formula is C5H12BO5P. The van der Waals surface area contributed by atoms with Crippen LogP contribution in [0.15, 0.2) is 0 Å². The van der Waals surface area contributed by atoms with Crippen molar-refractivity contribution in [1.29, 1.82) is 0 Å². The van der Waals surface area contributed by atoms with Gasteiger partial charge in [0.1, 0.15) is 0 Å². The molecule has 0 aromatic rings. The van der Waals surface area contributed by atoms with Crippen molar-refractivity contribution in [2.45, 2.75) is 6.42 Å². The fraction of sp³-hybridized carbons (Fsp3) is 0.800. The topological polar surface area (TPSA) is 72.8 Å². The first kappa shape index (κ1) is 14.1. The average molecular weight is 194 g/mol. The second kappa shape index (κ2) is 13.1. The molecule has 1 atom stereocenters. The molecule has 0 spiro atoms. The van der Waals surface area contributed by atoms with Gasteiger partial charge in [0.15, 0.2) is 0 Å². The molecule has 7 heteroatoms. The summed E-state index contributed by atoms with van der Waals surface area (Å²) >= 11 is 0. The van der Waals surface area contributed by atoms with Gasteiger partial charge in [0.05, 0.1) is 6.61 Å². The molecule has 0 rings (SSSR count). The van der Waals surface area contributed by atoms with Crippen LogP contribution >= 0.6 is 9.12 Å². The standard InChI is InChI=1S/C5H10O4.BH2OP/c1-8-3-2-4-9-5(6)7;2-1-3/h2-4H2,1H3,(H,6,7);3H2. The number of carbonyl (C=O) groups is 1. The number of carboxylic acid groups (broad SMARTS) is 1. The Balaban J connectivity index is 0. The third-order valence-electron chi connectivity index (χ3n) is 0.718. The Morgan fingerprint density at radius 3 is 2.42 bits per heavy atom. The summed E-state index contributed by atoms with van der Waals surface area (Å²) in [6.07, 6.45) is -0.617. The number of rotatable bonds is 4. The van der Waals surface area contributed by atoms with E-state index in [9.17, 15) is 4.79 Å². The van der Waals surface area contributed by atoms with Gasteiger partial charge in [-0.1, -0.05) is 0 Å². The van der Waals surface area contributed by atoms with E-state index in [0.717, 1.165) is 0 Å². The van der Waals surface area contributed by atoms with Gasteiger partial charge in [-0.25, -0.2) is 4.79 Å². The second-order valence-electron chi connectivity index (χ2n) is 1.60. The molecule has 0 aliphatic rings. The first-order valence-corrected chi connectivity index (χ1v) is 3.85. The molecule has 70 valence electrons. The first-order valence-electron chi connectivity index (χ1n) is 3.19. The van der Waals surface area contributed by atoms with Gasteiger partial charge >= 0.3 is 26.8 Å². The molecule has 0 saturated heterocycles. The number of hydrogen-bond acceptors (Lipinski definition) is 4. The molecule has 0 heterocycles. The summed E-state index contributed by atoms with van der Waals surface area (Å²) < 4.78 is 17.6. The molecule has 0 radical (unpaired) electrons. The molecule has 0 aromatic carbocycles. The molecule has 1 unspecified atom stereocenters. The van der Waals surface area contributed by atoms with Gasteiger partial charge in [0.2, 0.25) is 0 Å². The molecule has 0 aliphatic heterocycles. The van der Waals surface area contributed by atoms with Crippen LogP contribution in [0.2, 0.25) is 0 Å². The van der Waals surface area contributed by atoms with Crippen LogP contribution in [0.1, 0.15) is 6.42 Å². The van der Waals surface area contributed by atoms with Crippen molar-refractivity contribution in [2.75, 3.05) is 20.3 Å². The zero-order valence-electron chi connectivity index (χ0n) is 6.86. The average Bonchev–Trinajstić information content (AvgIpc) is 1.99. The van der Waals surface area contributed by atoms with Crippen molar-refractivity contribution in [3.05, 3.63) is 0 Å². The molecule has 0 fully saturated rings. The number of ether oxygens (including phenoxy) is 2. The number of methoxy groups -OCH3 is 1. The van der Waals surface area contributed by atoms with Crippen LogP contribution in [0.5, 0.6) is 0 Å². The van der Waals surface area contributed by atoms with Gasteiger partial charge in [-0.3, -0.25) is 0 Å². The van der Waals surface area contributed by atoms with Gasteiger partial charge in [-0.15, -0.1) is 0 Å². The van der Waals surface area contributed by atoms with E-state index < -0.39 is 6.16 Å². The third-order valence-corrected chi connectivity index (χ3v) is 0.718. The molecule has 1 N–H and O–H groups in total. The predicted molar refractivity (Wildman–Crippen MR) is 46.6 cm³/mol. The minimum absolute atomic E-state index is 0.211. The Kier molecular flexibility index (Phi) is 15.4. The molecule has 0 aliphatic carbocycles. The molecule has 0 saturated carbocycles. The Morgan fingerprint density at radius 1 is 1.58 bits per heavy atom. The molecule has 12 heavy (non-hydrogen) atoms. The summed E-state index contributed by atoms with van der Waals surface area (Å²) in [4.78, 5) is 9.70. The van der Waals surface area contributed by atoms with E-state index >= 15 is 0 Å². The molecule has 0 bridgehead atoms. The number of hydrogen-bond donors (Lipinski definition) is 1. The van der Waals surface area contributed by atoms with Crippen molar-refractivity contribution in [1.82, 2.24) is 0 Å². The van der Waals surface area contributed by atoms with Crippen LogP contribution in [0.4, 0.5) is 4.79 Å². The van der Waals surface area contributed by atoms with E-state index in [1.807, 2.05) is 9.12 Å². The first-order chi connectivity index (χ1) is 5.68. The summed E-state index contributed by atoms with van der Waals surface area (Å²) in [6.45, 7) is 1.41. The van der Waals surface area contributed by atoms with E-state index in [0.29, 0.717) is 19.9 Å².